The van der Waals surface area contributed by atoms with Crippen molar-refractivity contribution in [3.8, 4) is 0 Å². The van der Waals surface area contributed by atoms with Crippen LogP contribution in [-0.2, 0) is 4.74 Å². The van der Waals surface area contributed by atoms with Gasteiger partial charge >= 0.3 is 6.09 Å². The maximum Gasteiger partial charge on any atom is 0.405 e. The van der Waals surface area contributed by atoms with Crippen LogP contribution in [0.25, 0.3) is 0 Å². The summed E-state index contributed by atoms with van der Waals surface area (Å²) in [7, 11) is 3.98. The molecule has 1 aliphatic heterocycles. The quantitative estimate of drug-likeness (QED) is 0.815. The molecule has 0 bridgehead atoms. The van der Waals surface area contributed by atoms with Crippen molar-refractivity contribution in [2.45, 2.75) is 71.6 Å². The smallest absolute Gasteiger partial charge is 0.405 e. The number of ether oxygens (including phenoxy) is 1. The predicted molar refractivity (Wildman–Crippen MR) is 84.8 cm³/mol. The molecule has 2 N–H and O–H groups in total. The van der Waals surface area contributed by atoms with Crippen molar-refractivity contribution in [2.24, 2.45) is 11.7 Å². The van der Waals surface area contributed by atoms with E-state index in [-0.39, 0.29) is 0 Å². The third-order valence-electron chi connectivity index (χ3n) is 3.81. The Bertz CT molecular complexity index is 291. The summed E-state index contributed by atoms with van der Waals surface area (Å²) in [6.45, 7) is 14.6. The van der Waals surface area contributed by atoms with Gasteiger partial charge < -0.3 is 15.4 Å². The van der Waals surface area contributed by atoms with E-state index in [2.05, 4.69) is 40.7 Å². The second-order valence-corrected chi connectivity index (χ2v) is 7.15. The van der Waals surface area contributed by atoms with E-state index in [0.29, 0.717) is 5.16 Å². The first-order chi connectivity index (χ1) is 9.10. The highest BCUT2D eigenvalue weighted by Crippen LogP contribution is 2.36. The molecule has 2 atom stereocenters. The fourth-order valence-corrected chi connectivity index (χ4v) is 3.42. The number of amides is 1. The minimum Gasteiger partial charge on any atom is -0.444 e. The number of hydrogen-bond acceptors (Lipinski definition) is 3. The molecule has 1 fully saturated rings. The molecule has 0 saturated carbocycles. The highest BCUT2D eigenvalue weighted by Gasteiger charge is 2.41. The Labute approximate surface area is 127 Å². The van der Waals surface area contributed by atoms with Crippen LogP contribution in [0.5, 0.6) is 0 Å². The zero-order valence-corrected chi connectivity index (χ0v) is 15.0. The Kier molecular flexibility index (Phi) is 7.81. The number of nitrogens with two attached hydrogens (primary N) is 1. The Morgan fingerprint density at radius 1 is 1.40 bits per heavy atom. The average Bonchev–Trinajstić information content (AvgIpc) is 2.63. The van der Waals surface area contributed by atoms with Crippen molar-refractivity contribution in [3.63, 3.8) is 0 Å². The standard InChI is InChI=1S/C10H20NSi.C5H11NO2/c1-4-9-7-8-11(6-3)10(9,12)5-2;1-5(2,3)8-4(6)7/h9H,4-8H2,1-3H3;1-3H3,(H2,6,7). The Balaban J connectivity index is 0.000000396. The first-order valence-electron chi connectivity index (χ1n) is 7.59. The molecular formula is C15H31N2O2Si. The van der Waals surface area contributed by atoms with Crippen LogP contribution in [0, 0.1) is 5.92 Å². The molecule has 0 spiro atoms. The summed E-state index contributed by atoms with van der Waals surface area (Å²) in [5, 5.41) is 0.309. The molecule has 1 amide bonds. The number of carbonyl (C=O) groups excluding carboxylic acids is 1. The summed E-state index contributed by atoms with van der Waals surface area (Å²) in [5.41, 5.74) is 4.26. The summed E-state index contributed by atoms with van der Waals surface area (Å²) in [6.07, 6.45) is 3.16. The predicted octanol–water partition coefficient (Wildman–Crippen LogP) is 2.89. The minimum atomic E-state index is -0.725. The number of nitrogens with zero attached hydrogens (tertiary/aromatic N) is 1. The van der Waals surface area contributed by atoms with Gasteiger partial charge in [-0.2, -0.15) is 0 Å². The molecule has 0 aromatic carbocycles. The largest absolute Gasteiger partial charge is 0.444 e. The lowest BCUT2D eigenvalue weighted by atomic mass is 9.94. The van der Waals surface area contributed by atoms with Crippen molar-refractivity contribution < 1.29 is 9.53 Å². The molecule has 0 aromatic rings. The van der Waals surface area contributed by atoms with Crippen LogP contribution in [0.15, 0.2) is 0 Å². The van der Waals surface area contributed by atoms with Crippen LogP contribution in [-0.4, -0.2) is 45.1 Å². The van der Waals surface area contributed by atoms with Crippen LogP contribution < -0.4 is 5.73 Å². The van der Waals surface area contributed by atoms with E-state index in [1.807, 2.05) is 0 Å². The van der Waals surface area contributed by atoms with Crippen molar-refractivity contribution in [1.29, 1.82) is 0 Å². The van der Waals surface area contributed by atoms with E-state index >= 15 is 0 Å². The van der Waals surface area contributed by atoms with Crippen molar-refractivity contribution in [2.75, 3.05) is 13.1 Å². The lowest BCUT2D eigenvalue weighted by Crippen LogP contribution is -2.47. The normalized spacial score (nSPS) is 26.9. The van der Waals surface area contributed by atoms with Gasteiger partial charge in [-0.05, 0) is 52.6 Å². The molecular weight excluding hydrogens is 268 g/mol. The second kappa shape index (κ2) is 8.03. The van der Waals surface area contributed by atoms with Gasteiger partial charge in [0.25, 0.3) is 0 Å². The van der Waals surface area contributed by atoms with Gasteiger partial charge in [0.05, 0.1) is 10.2 Å². The molecule has 0 aliphatic carbocycles. The number of hydrogen-bond donors (Lipinski definition) is 1. The molecule has 5 heteroatoms. The summed E-state index contributed by atoms with van der Waals surface area (Å²) >= 11 is 0. The van der Waals surface area contributed by atoms with Gasteiger partial charge in [-0.15, -0.1) is 0 Å². The van der Waals surface area contributed by atoms with Crippen molar-refractivity contribution in [3.05, 3.63) is 0 Å². The lowest BCUT2D eigenvalue weighted by molar-refractivity contribution is 0.0600. The van der Waals surface area contributed by atoms with Gasteiger partial charge in [0.2, 0.25) is 0 Å². The number of carbonyl (C=O) groups is 1. The number of likely N-dealkylation sites (tertiary alicyclic amines) is 1. The van der Waals surface area contributed by atoms with Crippen LogP contribution >= 0.6 is 0 Å². The first-order valence-corrected chi connectivity index (χ1v) is 8.09. The Morgan fingerprint density at radius 3 is 2.20 bits per heavy atom. The summed E-state index contributed by atoms with van der Waals surface area (Å²) in [6, 6.07) is 0. The molecule has 4 nitrogen and oxygen atoms in total. The van der Waals surface area contributed by atoms with Crippen LogP contribution in [0.1, 0.15) is 60.8 Å². The first kappa shape index (κ1) is 19.4. The molecule has 117 valence electrons. The second-order valence-electron chi connectivity index (χ2n) is 6.28. The van der Waals surface area contributed by atoms with Crippen LogP contribution in [0.3, 0.4) is 0 Å². The van der Waals surface area contributed by atoms with Crippen molar-refractivity contribution >= 4 is 16.3 Å². The SMILES string of the molecule is CC(C)(C)OC(N)=O.CCC1CCN(CC)C1([Si])CC. The highest BCUT2D eigenvalue weighted by atomic mass is 28.1. The van der Waals surface area contributed by atoms with Crippen molar-refractivity contribution in [1.82, 2.24) is 4.90 Å². The van der Waals surface area contributed by atoms with E-state index in [4.69, 9.17) is 5.73 Å². The van der Waals surface area contributed by atoms with Gasteiger partial charge in [-0.25, -0.2) is 4.79 Å². The van der Waals surface area contributed by atoms with Gasteiger partial charge in [0.15, 0.2) is 0 Å². The third-order valence-corrected chi connectivity index (χ3v) is 4.89. The molecule has 1 heterocycles. The molecule has 1 saturated heterocycles. The zero-order valence-electron chi connectivity index (χ0n) is 14.0. The molecule has 1 rings (SSSR count). The van der Waals surface area contributed by atoms with Gasteiger partial charge in [0.1, 0.15) is 5.60 Å². The molecule has 3 radical (unpaired) electrons. The lowest BCUT2D eigenvalue weighted by Gasteiger charge is -2.38. The van der Waals surface area contributed by atoms with E-state index < -0.39 is 11.7 Å². The monoisotopic (exact) mass is 299 g/mol. The third kappa shape index (κ3) is 5.83. The Hall–Kier alpha value is -0.553. The topological polar surface area (TPSA) is 55.6 Å². The minimum absolute atomic E-state index is 0.309. The van der Waals surface area contributed by atoms with Gasteiger partial charge in [-0.1, -0.05) is 27.2 Å². The fourth-order valence-electron chi connectivity index (χ4n) is 2.80. The summed E-state index contributed by atoms with van der Waals surface area (Å²) in [5.74, 6) is 0.846. The maximum atomic E-state index is 10.0. The number of primary amides is 1. The molecule has 20 heavy (non-hydrogen) atoms. The Morgan fingerprint density at radius 2 is 1.95 bits per heavy atom. The molecule has 2 unspecified atom stereocenters. The molecule has 0 aromatic heterocycles. The van der Waals surface area contributed by atoms with E-state index in [0.717, 1.165) is 5.92 Å². The highest BCUT2D eigenvalue weighted by molar-refractivity contribution is 6.15. The zero-order chi connectivity index (χ0) is 16.0. The van der Waals surface area contributed by atoms with Crippen LogP contribution in [0.2, 0.25) is 0 Å². The van der Waals surface area contributed by atoms with E-state index in [9.17, 15) is 4.79 Å². The van der Waals surface area contributed by atoms with E-state index in [1.54, 1.807) is 20.8 Å². The maximum absolute atomic E-state index is 10.0. The molecule has 1 aliphatic rings. The number of rotatable bonds is 3. The average molecular weight is 300 g/mol. The van der Waals surface area contributed by atoms with Gasteiger partial charge in [-0.3, -0.25) is 0 Å². The van der Waals surface area contributed by atoms with Gasteiger partial charge in [0, 0.05) is 5.16 Å². The summed E-state index contributed by atoms with van der Waals surface area (Å²) in [4.78, 5) is 12.6. The summed E-state index contributed by atoms with van der Waals surface area (Å²) < 4.78 is 4.58. The fraction of sp³-hybridized carbons (Fsp3) is 0.933. The van der Waals surface area contributed by atoms with Crippen LogP contribution in [0.4, 0.5) is 4.79 Å². The van der Waals surface area contributed by atoms with E-state index in [1.165, 1.54) is 32.4 Å².